The first-order valence-electron chi connectivity index (χ1n) is 15.3. The van der Waals surface area contributed by atoms with Crippen molar-refractivity contribution in [3.8, 4) is 11.5 Å². The summed E-state index contributed by atoms with van der Waals surface area (Å²) in [6, 6.07) is 11.9. The summed E-state index contributed by atoms with van der Waals surface area (Å²) in [7, 11) is 3.39. The number of aliphatic hydroxyl groups is 1. The Morgan fingerprint density at radius 1 is 1.06 bits per heavy atom. The molecular formula is C35H36N2O10. The van der Waals surface area contributed by atoms with E-state index < -0.39 is 46.0 Å². The number of hydrogen-bond donors (Lipinski definition) is 4. The Hall–Kier alpha value is -4.46. The van der Waals surface area contributed by atoms with Crippen molar-refractivity contribution in [2.24, 2.45) is 0 Å². The van der Waals surface area contributed by atoms with E-state index in [0.717, 1.165) is 0 Å². The number of rotatable bonds is 7. The van der Waals surface area contributed by atoms with Gasteiger partial charge in [-0.15, -0.1) is 0 Å². The molecule has 0 unspecified atom stereocenters. The van der Waals surface area contributed by atoms with E-state index in [4.69, 9.17) is 14.2 Å². The molecule has 12 nitrogen and oxygen atoms in total. The van der Waals surface area contributed by atoms with E-state index in [-0.39, 0.29) is 70.2 Å². The van der Waals surface area contributed by atoms with Gasteiger partial charge in [0.25, 0.3) is 5.69 Å². The van der Waals surface area contributed by atoms with Crippen molar-refractivity contribution in [2.45, 2.75) is 69.4 Å². The van der Waals surface area contributed by atoms with Gasteiger partial charge in [0.1, 0.15) is 11.5 Å². The molecule has 0 spiro atoms. The highest BCUT2D eigenvalue weighted by atomic mass is 16.7. The normalized spacial score (nSPS) is 27.2. The molecule has 2 aliphatic carbocycles. The molecule has 1 aliphatic heterocycles. The van der Waals surface area contributed by atoms with Gasteiger partial charge in [-0.2, -0.15) is 0 Å². The molecule has 1 fully saturated rings. The maximum atomic E-state index is 13.7. The molecule has 1 heterocycles. The molecule has 1 saturated heterocycles. The van der Waals surface area contributed by atoms with Gasteiger partial charge in [0, 0.05) is 66.8 Å². The van der Waals surface area contributed by atoms with Gasteiger partial charge >= 0.3 is 0 Å². The summed E-state index contributed by atoms with van der Waals surface area (Å²) < 4.78 is 18.3. The van der Waals surface area contributed by atoms with Crippen LogP contribution in [0.3, 0.4) is 0 Å². The Bertz CT molecular complexity index is 1800. The molecule has 12 heteroatoms. The molecule has 6 rings (SSSR count). The van der Waals surface area contributed by atoms with Crippen molar-refractivity contribution >= 4 is 23.3 Å². The highest BCUT2D eigenvalue weighted by Gasteiger charge is 2.48. The molecule has 47 heavy (non-hydrogen) atoms. The van der Waals surface area contributed by atoms with Crippen LogP contribution < -0.4 is 5.32 Å². The molecule has 0 radical (unpaired) electrons. The zero-order valence-electron chi connectivity index (χ0n) is 26.4. The van der Waals surface area contributed by atoms with Crippen molar-refractivity contribution in [2.75, 3.05) is 14.2 Å². The summed E-state index contributed by atoms with van der Waals surface area (Å²) in [5.41, 5.74) is -0.982. The van der Waals surface area contributed by atoms with E-state index in [0.29, 0.717) is 17.6 Å². The van der Waals surface area contributed by atoms with Gasteiger partial charge in [-0.1, -0.05) is 30.3 Å². The van der Waals surface area contributed by atoms with E-state index in [2.05, 4.69) is 5.32 Å². The third-order valence-electron chi connectivity index (χ3n) is 9.63. The number of aromatic hydroxyl groups is 2. The lowest BCUT2D eigenvalue weighted by atomic mass is 9.71. The largest absolute Gasteiger partial charge is 0.507 e. The second-order valence-electron chi connectivity index (χ2n) is 12.4. The fourth-order valence-electron chi connectivity index (χ4n) is 7.13. The number of ketones is 2. The lowest BCUT2D eigenvalue weighted by Gasteiger charge is -2.44. The van der Waals surface area contributed by atoms with Crippen LogP contribution in [-0.2, 0) is 20.6 Å². The maximum Gasteiger partial charge on any atom is 0.269 e. The molecular weight excluding hydrogens is 608 g/mol. The van der Waals surface area contributed by atoms with Crippen LogP contribution in [0.15, 0.2) is 54.1 Å². The van der Waals surface area contributed by atoms with Gasteiger partial charge in [0.15, 0.2) is 17.9 Å². The first-order chi connectivity index (χ1) is 22.4. The van der Waals surface area contributed by atoms with E-state index in [1.165, 1.54) is 24.3 Å². The monoisotopic (exact) mass is 644 g/mol. The van der Waals surface area contributed by atoms with Crippen LogP contribution in [0.2, 0.25) is 0 Å². The van der Waals surface area contributed by atoms with Crippen LogP contribution in [-0.4, -0.2) is 76.1 Å². The van der Waals surface area contributed by atoms with Crippen molar-refractivity contribution < 1.29 is 44.0 Å². The second kappa shape index (κ2) is 12.3. The van der Waals surface area contributed by atoms with Crippen molar-refractivity contribution in [1.82, 2.24) is 5.32 Å². The standard InChI is InChI=1S/C35H36N2O10/c1-17(13-19-9-11-20(12-10-19)37(43)44)35(42)15-23-27(25(16-35)47-26-14-24(36-3)34(45-4)18(2)46-26)33(41)29-28(32(23)40)30(38)21-7-5-6-8-22(21)31(29)39/h5-13,18,24-26,34,36,40-42H,14-16H2,1-4H3/b17-13+/t18-,24-,25-,26-,34+,35-/m0/s1. The van der Waals surface area contributed by atoms with Crippen LogP contribution in [0.1, 0.15) is 81.3 Å². The SMILES string of the molecule is CN[C@H]1C[C@H](O[C@H]2C[C@](O)(/C(C)=C/c3ccc([N+](=O)[O-])cc3)Cc3c(O)c4c(c(O)c32)C(=O)c2ccccc2C4=O)O[C@@H](C)[C@H]1OC. The third-order valence-corrected chi connectivity index (χ3v) is 9.63. The highest BCUT2D eigenvalue weighted by Crippen LogP contribution is 2.53. The third kappa shape index (κ3) is 5.51. The number of benzene rings is 3. The van der Waals surface area contributed by atoms with Crippen LogP contribution in [0.4, 0.5) is 5.69 Å². The van der Waals surface area contributed by atoms with E-state index in [1.807, 2.05) is 6.92 Å². The zero-order chi connectivity index (χ0) is 33.8. The van der Waals surface area contributed by atoms with Crippen LogP contribution in [0.25, 0.3) is 6.08 Å². The van der Waals surface area contributed by atoms with E-state index in [1.54, 1.807) is 51.4 Å². The van der Waals surface area contributed by atoms with Gasteiger partial charge in [-0.25, -0.2) is 0 Å². The summed E-state index contributed by atoms with van der Waals surface area (Å²) in [6.07, 6.45) is -0.877. The van der Waals surface area contributed by atoms with Gasteiger partial charge in [-0.3, -0.25) is 19.7 Å². The van der Waals surface area contributed by atoms with Crippen LogP contribution in [0.5, 0.6) is 11.5 Å². The van der Waals surface area contributed by atoms with Gasteiger partial charge in [-0.05, 0) is 44.2 Å². The zero-order valence-corrected chi connectivity index (χ0v) is 26.4. The minimum atomic E-state index is -1.67. The molecule has 0 saturated carbocycles. The number of methoxy groups -OCH3 is 1. The fourth-order valence-corrected chi connectivity index (χ4v) is 7.13. The average Bonchev–Trinajstić information content (AvgIpc) is 3.05. The number of ether oxygens (including phenoxy) is 3. The molecule has 0 amide bonds. The lowest BCUT2D eigenvalue weighted by molar-refractivity contribution is -0.384. The Balaban J connectivity index is 1.47. The number of nitro benzene ring substituents is 1. The summed E-state index contributed by atoms with van der Waals surface area (Å²) in [5.74, 6) is -2.24. The molecule has 246 valence electrons. The predicted octanol–water partition coefficient (Wildman–Crippen LogP) is 4.36. The molecule has 3 aromatic carbocycles. The van der Waals surface area contributed by atoms with Gasteiger partial charge < -0.3 is 34.8 Å². The molecule has 0 bridgehead atoms. The number of nitro groups is 1. The molecule has 3 aliphatic rings. The first-order valence-corrected chi connectivity index (χ1v) is 15.3. The lowest BCUT2D eigenvalue weighted by Crippen LogP contribution is -2.54. The van der Waals surface area contributed by atoms with Crippen molar-refractivity contribution in [1.29, 1.82) is 0 Å². The average molecular weight is 645 g/mol. The van der Waals surface area contributed by atoms with Gasteiger partial charge in [0.2, 0.25) is 0 Å². The Morgan fingerprint density at radius 3 is 2.26 bits per heavy atom. The molecule has 0 aromatic heterocycles. The molecule has 3 aromatic rings. The summed E-state index contributed by atoms with van der Waals surface area (Å²) in [5, 5.41) is 50.1. The number of hydrogen-bond acceptors (Lipinski definition) is 11. The molecule has 4 N–H and O–H groups in total. The second-order valence-corrected chi connectivity index (χ2v) is 12.4. The minimum absolute atomic E-state index is 0.0702. The summed E-state index contributed by atoms with van der Waals surface area (Å²) in [6.45, 7) is 3.53. The number of carbonyl (C=O) groups is 2. The first kappa shape index (κ1) is 32.5. The topological polar surface area (TPSA) is 178 Å². The summed E-state index contributed by atoms with van der Waals surface area (Å²) in [4.78, 5) is 38.0. The number of fused-ring (bicyclic) bond motifs is 3. The van der Waals surface area contributed by atoms with E-state index >= 15 is 0 Å². The number of phenols is 2. The number of nitrogens with zero attached hydrogens (tertiary/aromatic N) is 1. The number of non-ortho nitro benzene ring substituents is 1. The Labute approximate surface area is 270 Å². The highest BCUT2D eigenvalue weighted by molar-refractivity contribution is 6.30. The van der Waals surface area contributed by atoms with Crippen molar-refractivity contribution in [3.63, 3.8) is 0 Å². The smallest absolute Gasteiger partial charge is 0.269 e. The maximum absolute atomic E-state index is 13.7. The Morgan fingerprint density at radius 2 is 1.68 bits per heavy atom. The van der Waals surface area contributed by atoms with Crippen LogP contribution >= 0.6 is 0 Å². The Kier molecular flexibility index (Phi) is 8.49. The van der Waals surface area contributed by atoms with Crippen molar-refractivity contribution in [3.05, 3.63) is 103 Å². The number of carbonyl (C=O) groups excluding carboxylic acids is 2. The van der Waals surface area contributed by atoms with E-state index in [9.17, 15) is 35.0 Å². The van der Waals surface area contributed by atoms with Gasteiger partial charge in [0.05, 0.1) is 40.0 Å². The number of nitrogens with one attached hydrogen (secondary N) is 1. The number of likely N-dealkylation sites (N-methyl/N-ethyl adjacent to an activating group) is 1. The quantitative estimate of drug-likeness (QED) is 0.128. The predicted molar refractivity (Wildman–Crippen MR) is 170 cm³/mol. The number of phenolic OH excluding ortho intramolecular Hbond substituents is 2. The summed E-state index contributed by atoms with van der Waals surface area (Å²) >= 11 is 0. The van der Waals surface area contributed by atoms with Crippen LogP contribution in [0, 0.1) is 10.1 Å². The minimum Gasteiger partial charge on any atom is -0.507 e. The molecule has 6 atom stereocenters. The fraction of sp³-hybridized carbons (Fsp3) is 0.371.